The molecule has 0 aromatic heterocycles. The van der Waals surface area contributed by atoms with E-state index >= 15 is 0 Å². The van der Waals surface area contributed by atoms with Gasteiger partial charge in [0.25, 0.3) is 0 Å². The summed E-state index contributed by atoms with van der Waals surface area (Å²) in [4.78, 5) is 34.9. The van der Waals surface area contributed by atoms with Gasteiger partial charge in [0.05, 0.1) is 13.2 Å². The lowest BCUT2D eigenvalue weighted by Crippen LogP contribution is -2.29. The summed E-state index contributed by atoms with van der Waals surface area (Å²) in [5.74, 6) is -0.820. The summed E-state index contributed by atoms with van der Waals surface area (Å²) in [6.07, 6.45) is 42.4. The minimum Gasteiger partial charge on any atom is -0.462 e. The van der Waals surface area contributed by atoms with Gasteiger partial charge >= 0.3 is 19.8 Å². The Bertz CT molecular complexity index is 902. The van der Waals surface area contributed by atoms with E-state index in [-0.39, 0.29) is 38.6 Å². The lowest BCUT2D eigenvalue weighted by Gasteiger charge is -2.19. The molecule has 0 aliphatic heterocycles. The molecule has 9 nitrogen and oxygen atoms in total. The van der Waals surface area contributed by atoms with Crippen molar-refractivity contribution in [1.29, 1.82) is 0 Å². The highest BCUT2D eigenvalue weighted by Gasteiger charge is 2.26. The first-order chi connectivity index (χ1) is 26.3. The van der Waals surface area contributed by atoms with E-state index in [1.807, 2.05) is 0 Å². The Morgan fingerprint density at radius 1 is 0.537 bits per heavy atom. The molecule has 0 heterocycles. The van der Waals surface area contributed by atoms with Crippen LogP contribution >= 0.6 is 7.82 Å². The van der Waals surface area contributed by atoms with E-state index in [9.17, 15) is 19.0 Å². The summed E-state index contributed by atoms with van der Waals surface area (Å²) < 4.78 is 32.8. The first-order valence-corrected chi connectivity index (χ1v) is 24.2. The standard InChI is InChI=1S/C44H86NO8P/c1-3-5-7-9-11-13-15-17-18-19-20-21-22-23-24-25-27-29-31-33-35-37-44(47)53-42(41-52-54(48,49)51-39-38-45)40-50-43(46)36-34-32-30-28-26-16-14-12-10-8-6-4-2/h19-20,42H,3-18,21-41,45H2,1-2H3,(H,48,49)/b20-19-. The van der Waals surface area contributed by atoms with Gasteiger partial charge in [-0.25, -0.2) is 4.57 Å². The molecule has 0 saturated carbocycles. The maximum atomic E-state index is 12.6. The molecule has 0 aliphatic rings. The third-order valence-electron chi connectivity index (χ3n) is 9.90. The third-order valence-corrected chi connectivity index (χ3v) is 10.9. The SMILES string of the molecule is CCCCCCCCCC/C=C\CCCCCCCCCCCC(=O)OC(COC(=O)CCCCCCCCCCCCCC)COP(=O)(O)OCCN. The quantitative estimate of drug-likeness (QED) is 0.0268. The molecule has 3 N–H and O–H groups in total. The summed E-state index contributed by atoms with van der Waals surface area (Å²) in [5.41, 5.74) is 5.35. The zero-order valence-electron chi connectivity index (χ0n) is 35.2. The van der Waals surface area contributed by atoms with Crippen LogP contribution in [0.15, 0.2) is 12.2 Å². The molecule has 54 heavy (non-hydrogen) atoms. The molecule has 0 bridgehead atoms. The van der Waals surface area contributed by atoms with Gasteiger partial charge < -0.3 is 20.1 Å². The molecule has 0 aromatic carbocycles. The molecule has 0 fully saturated rings. The van der Waals surface area contributed by atoms with Crippen molar-refractivity contribution in [3.8, 4) is 0 Å². The van der Waals surface area contributed by atoms with Gasteiger partial charge in [-0.2, -0.15) is 0 Å². The van der Waals surface area contributed by atoms with Crippen LogP contribution in [0.4, 0.5) is 0 Å². The maximum absolute atomic E-state index is 12.6. The second kappa shape index (κ2) is 41.4. The second-order valence-electron chi connectivity index (χ2n) is 15.3. The number of allylic oxidation sites excluding steroid dienone is 2. The summed E-state index contributed by atoms with van der Waals surface area (Å²) in [7, 11) is -4.37. The zero-order chi connectivity index (χ0) is 39.6. The van der Waals surface area contributed by atoms with Gasteiger partial charge in [-0.15, -0.1) is 0 Å². The highest BCUT2D eigenvalue weighted by Crippen LogP contribution is 2.43. The summed E-state index contributed by atoms with van der Waals surface area (Å²) in [6, 6.07) is 0. The summed E-state index contributed by atoms with van der Waals surface area (Å²) in [5, 5.41) is 0. The Morgan fingerprint density at radius 3 is 1.31 bits per heavy atom. The third kappa shape index (κ3) is 40.4. The van der Waals surface area contributed by atoms with Crippen LogP contribution in [0.2, 0.25) is 0 Å². The van der Waals surface area contributed by atoms with Gasteiger partial charge in [-0.3, -0.25) is 18.6 Å². The smallest absolute Gasteiger partial charge is 0.462 e. The van der Waals surface area contributed by atoms with Crippen molar-refractivity contribution in [2.24, 2.45) is 5.73 Å². The number of nitrogens with two attached hydrogens (primary N) is 1. The van der Waals surface area contributed by atoms with Crippen LogP contribution in [-0.2, 0) is 32.7 Å². The van der Waals surface area contributed by atoms with E-state index in [1.54, 1.807) is 0 Å². The van der Waals surface area contributed by atoms with Crippen LogP contribution in [0.3, 0.4) is 0 Å². The first kappa shape index (κ1) is 52.8. The number of hydrogen-bond acceptors (Lipinski definition) is 8. The van der Waals surface area contributed by atoms with Crippen LogP contribution in [-0.4, -0.2) is 49.3 Å². The van der Waals surface area contributed by atoms with Crippen molar-refractivity contribution >= 4 is 19.8 Å². The normalized spacial score (nSPS) is 13.3. The largest absolute Gasteiger partial charge is 0.472 e. The number of phosphoric ester groups is 1. The molecule has 2 unspecified atom stereocenters. The van der Waals surface area contributed by atoms with E-state index in [0.29, 0.717) is 6.42 Å². The molecule has 0 amide bonds. The Hall–Kier alpha value is -1.25. The van der Waals surface area contributed by atoms with Gasteiger partial charge in [0.2, 0.25) is 0 Å². The van der Waals surface area contributed by atoms with Crippen LogP contribution in [0.25, 0.3) is 0 Å². The molecule has 2 atom stereocenters. The minimum absolute atomic E-state index is 0.0559. The number of carbonyl (C=O) groups is 2. The van der Waals surface area contributed by atoms with Crippen molar-refractivity contribution in [3.63, 3.8) is 0 Å². The number of hydrogen-bond donors (Lipinski definition) is 2. The van der Waals surface area contributed by atoms with Crippen molar-refractivity contribution < 1.29 is 37.6 Å². The van der Waals surface area contributed by atoms with Crippen molar-refractivity contribution in [2.75, 3.05) is 26.4 Å². The van der Waals surface area contributed by atoms with Crippen LogP contribution in [0.1, 0.15) is 226 Å². The number of phosphoric acid groups is 1. The van der Waals surface area contributed by atoms with Crippen molar-refractivity contribution in [3.05, 3.63) is 12.2 Å². The maximum Gasteiger partial charge on any atom is 0.472 e. The van der Waals surface area contributed by atoms with Crippen molar-refractivity contribution in [2.45, 2.75) is 232 Å². The topological polar surface area (TPSA) is 134 Å². The minimum atomic E-state index is -4.37. The monoisotopic (exact) mass is 788 g/mol. The van der Waals surface area contributed by atoms with Crippen LogP contribution in [0.5, 0.6) is 0 Å². The molecular formula is C44H86NO8P. The summed E-state index contributed by atoms with van der Waals surface area (Å²) >= 11 is 0. The number of rotatable bonds is 43. The van der Waals surface area contributed by atoms with Gasteiger partial charge in [-0.05, 0) is 38.5 Å². The van der Waals surface area contributed by atoms with E-state index in [0.717, 1.165) is 38.5 Å². The average molecular weight is 788 g/mol. The van der Waals surface area contributed by atoms with Gasteiger partial charge in [-0.1, -0.05) is 187 Å². The van der Waals surface area contributed by atoms with E-state index in [1.165, 1.54) is 154 Å². The fourth-order valence-corrected chi connectivity index (χ4v) is 7.28. The van der Waals surface area contributed by atoms with Crippen molar-refractivity contribution in [1.82, 2.24) is 0 Å². The Labute approximate surface area is 332 Å². The molecular weight excluding hydrogens is 701 g/mol. The predicted molar refractivity (Wildman–Crippen MR) is 224 cm³/mol. The summed E-state index contributed by atoms with van der Waals surface area (Å²) in [6.45, 7) is 3.75. The highest BCUT2D eigenvalue weighted by atomic mass is 31.2. The molecule has 0 rings (SSSR count). The van der Waals surface area contributed by atoms with Gasteiger partial charge in [0.1, 0.15) is 6.61 Å². The number of carbonyl (C=O) groups excluding carboxylic acids is 2. The van der Waals surface area contributed by atoms with Crippen LogP contribution in [0, 0.1) is 0 Å². The van der Waals surface area contributed by atoms with E-state index in [4.69, 9.17) is 24.3 Å². The number of unbranched alkanes of at least 4 members (excludes halogenated alkanes) is 28. The highest BCUT2D eigenvalue weighted by molar-refractivity contribution is 7.47. The van der Waals surface area contributed by atoms with Crippen LogP contribution < -0.4 is 5.73 Å². The fraction of sp³-hybridized carbons (Fsp3) is 0.909. The first-order valence-electron chi connectivity index (χ1n) is 22.7. The zero-order valence-corrected chi connectivity index (χ0v) is 36.1. The average Bonchev–Trinajstić information content (AvgIpc) is 3.16. The Kier molecular flexibility index (Phi) is 40.4. The lowest BCUT2D eigenvalue weighted by atomic mass is 10.0. The number of esters is 2. The molecule has 320 valence electrons. The molecule has 10 heteroatoms. The molecule has 0 saturated heterocycles. The Morgan fingerprint density at radius 2 is 0.907 bits per heavy atom. The molecule has 0 spiro atoms. The molecule has 0 aromatic rings. The van der Waals surface area contributed by atoms with E-state index in [2.05, 4.69) is 26.0 Å². The van der Waals surface area contributed by atoms with E-state index < -0.39 is 26.5 Å². The molecule has 0 radical (unpaired) electrons. The Balaban J connectivity index is 4.06. The predicted octanol–water partition coefficient (Wildman–Crippen LogP) is 13.0. The lowest BCUT2D eigenvalue weighted by molar-refractivity contribution is -0.161. The number of ether oxygens (including phenoxy) is 2. The molecule has 0 aliphatic carbocycles. The fourth-order valence-electron chi connectivity index (χ4n) is 6.51. The van der Waals surface area contributed by atoms with Gasteiger partial charge in [0, 0.05) is 19.4 Å². The second-order valence-corrected chi connectivity index (χ2v) is 16.7. The van der Waals surface area contributed by atoms with Gasteiger partial charge in [0.15, 0.2) is 6.10 Å².